The molecule has 2 N–H and O–H groups in total. The Kier molecular flexibility index (Phi) is 6.91. The molecule has 3 rings (SSSR count). The van der Waals surface area contributed by atoms with Gasteiger partial charge in [-0.05, 0) is 79.0 Å². The number of anilines is 1. The van der Waals surface area contributed by atoms with Crippen LogP contribution in [0.5, 0.6) is 0 Å². The Bertz CT molecular complexity index is 847. The van der Waals surface area contributed by atoms with E-state index in [-0.39, 0.29) is 29.9 Å². The Morgan fingerprint density at radius 3 is 2.50 bits per heavy atom. The first-order valence-corrected chi connectivity index (χ1v) is 11.4. The highest BCUT2D eigenvalue weighted by molar-refractivity contribution is 5.71. The second-order valence-corrected chi connectivity index (χ2v) is 10.6. The van der Waals surface area contributed by atoms with Gasteiger partial charge in [0.25, 0.3) is 0 Å². The van der Waals surface area contributed by atoms with Crippen molar-refractivity contribution in [1.82, 2.24) is 10.2 Å². The van der Waals surface area contributed by atoms with Crippen molar-refractivity contribution >= 4 is 17.9 Å². The molecule has 0 spiro atoms. The van der Waals surface area contributed by atoms with Gasteiger partial charge in [0.1, 0.15) is 17.0 Å². The molecule has 7 nitrogen and oxygen atoms in total. The van der Waals surface area contributed by atoms with Gasteiger partial charge in [0.2, 0.25) is 0 Å². The van der Waals surface area contributed by atoms with Crippen LogP contribution in [0.25, 0.3) is 0 Å². The second kappa shape index (κ2) is 9.16. The number of alkyl carbamates (subject to hydrolysis) is 1. The van der Waals surface area contributed by atoms with Gasteiger partial charge in [-0.25, -0.2) is 14.0 Å². The minimum atomic E-state index is -0.598. The van der Waals surface area contributed by atoms with Gasteiger partial charge < -0.3 is 25.0 Å². The number of hydrogen-bond acceptors (Lipinski definition) is 5. The summed E-state index contributed by atoms with van der Waals surface area (Å²) in [5.74, 6) is -0.182. The zero-order chi connectivity index (χ0) is 23.7. The standard InChI is InChI=1S/C24H36FN3O4/c1-23(2,3)31-21(29)26-12-7-8-18-16-11-13-28(22(30)32-24(4,5)6)20(16)17-14-15(25)9-10-19(17)27-18/h9-10,14,16,18,20,27H,7-8,11-13H2,1-6H3,(H,26,29)/t16-,18-,20-/m0/s1. The van der Waals surface area contributed by atoms with E-state index in [1.54, 1.807) is 11.0 Å². The van der Waals surface area contributed by atoms with Crippen LogP contribution < -0.4 is 10.6 Å². The lowest BCUT2D eigenvalue weighted by Crippen LogP contribution is -2.43. The van der Waals surface area contributed by atoms with Crippen molar-refractivity contribution in [2.24, 2.45) is 5.92 Å². The van der Waals surface area contributed by atoms with E-state index in [2.05, 4.69) is 10.6 Å². The maximum atomic E-state index is 14.1. The molecule has 1 saturated heterocycles. The van der Waals surface area contributed by atoms with Gasteiger partial charge in [0, 0.05) is 36.3 Å². The van der Waals surface area contributed by atoms with Crippen LogP contribution in [0.1, 0.15) is 72.4 Å². The van der Waals surface area contributed by atoms with E-state index in [1.165, 1.54) is 12.1 Å². The molecule has 8 heteroatoms. The fourth-order valence-electron chi connectivity index (χ4n) is 4.49. The first kappa shape index (κ1) is 24.1. The Morgan fingerprint density at radius 2 is 1.84 bits per heavy atom. The molecule has 2 aliphatic rings. The van der Waals surface area contributed by atoms with Crippen LogP contribution in [0.3, 0.4) is 0 Å². The van der Waals surface area contributed by atoms with Crippen LogP contribution in [0, 0.1) is 11.7 Å². The Hall–Kier alpha value is -2.51. The summed E-state index contributed by atoms with van der Waals surface area (Å²) in [5.41, 5.74) is 0.505. The number of benzene rings is 1. The van der Waals surface area contributed by atoms with E-state index >= 15 is 0 Å². The van der Waals surface area contributed by atoms with Crippen LogP contribution in [-0.2, 0) is 9.47 Å². The topological polar surface area (TPSA) is 79.9 Å². The predicted octanol–water partition coefficient (Wildman–Crippen LogP) is 5.22. The van der Waals surface area contributed by atoms with Crippen molar-refractivity contribution in [1.29, 1.82) is 0 Å². The van der Waals surface area contributed by atoms with Crippen LogP contribution in [-0.4, -0.2) is 47.4 Å². The molecule has 3 atom stereocenters. The zero-order valence-corrected chi connectivity index (χ0v) is 20.0. The van der Waals surface area contributed by atoms with Crippen LogP contribution >= 0.6 is 0 Å². The van der Waals surface area contributed by atoms with Gasteiger partial charge in [-0.15, -0.1) is 0 Å². The Labute approximate surface area is 190 Å². The maximum absolute atomic E-state index is 14.1. The second-order valence-electron chi connectivity index (χ2n) is 10.6. The zero-order valence-electron chi connectivity index (χ0n) is 20.0. The fourth-order valence-corrected chi connectivity index (χ4v) is 4.49. The molecule has 1 aromatic rings. The smallest absolute Gasteiger partial charge is 0.410 e. The van der Waals surface area contributed by atoms with E-state index in [4.69, 9.17) is 9.47 Å². The molecular formula is C24H36FN3O4. The van der Waals surface area contributed by atoms with Gasteiger partial charge in [0.15, 0.2) is 0 Å². The fraction of sp³-hybridized carbons (Fsp3) is 0.667. The minimum Gasteiger partial charge on any atom is -0.444 e. The van der Waals surface area contributed by atoms with E-state index in [0.717, 1.165) is 30.5 Å². The van der Waals surface area contributed by atoms with Crippen molar-refractivity contribution in [3.05, 3.63) is 29.6 Å². The number of halogens is 1. The molecule has 1 aromatic carbocycles. The first-order chi connectivity index (χ1) is 14.8. The number of nitrogens with zero attached hydrogens (tertiary/aromatic N) is 1. The molecule has 2 aliphatic heterocycles. The molecule has 0 radical (unpaired) electrons. The van der Waals surface area contributed by atoms with Crippen molar-refractivity contribution in [3.8, 4) is 0 Å². The monoisotopic (exact) mass is 449 g/mol. The number of carbonyl (C=O) groups excluding carboxylic acids is 2. The lowest BCUT2D eigenvalue weighted by molar-refractivity contribution is 0.0196. The van der Waals surface area contributed by atoms with Crippen molar-refractivity contribution in [3.63, 3.8) is 0 Å². The number of nitrogens with one attached hydrogen (secondary N) is 2. The molecule has 1 fully saturated rings. The lowest BCUT2D eigenvalue weighted by atomic mass is 9.81. The third kappa shape index (κ3) is 6.04. The van der Waals surface area contributed by atoms with E-state index < -0.39 is 17.3 Å². The number of hydrogen-bond donors (Lipinski definition) is 2. The number of likely N-dealkylation sites (tertiary alicyclic amines) is 1. The largest absolute Gasteiger partial charge is 0.444 e. The normalized spacial score (nSPS) is 22.5. The Morgan fingerprint density at radius 1 is 1.16 bits per heavy atom. The molecule has 178 valence electrons. The number of amides is 2. The number of rotatable bonds is 4. The van der Waals surface area contributed by atoms with Gasteiger partial charge >= 0.3 is 12.2 Å². The third-order valence-electron chi connectivity index (χ3n) is 5.62. The third-order valence-corrected chi connectivity index (χ3v) is 5.62. The summed E-state index contributed by atoms with van der Waals surface area (Å²) < 4.78 is 25.0. The number of carbonyl (C=O) groups is 2. The maximum Gasteiger partial charge on any atom is 0.410 e. The minimum absolute atomic E-state index is 0.103. The quantitative estimate of drug-likeness (QED) is 0.616. The lowest BCUT2D eigenvalue weighted by Gasteiger charge is -2.40. The predicted molar refractivity (Wildman–Crippen MR) is 121 cm³/mol. The summed E-state index contributed by atoms with van der Waals surface area (Å²) in [5, 5.41) is 6.34. The van der Waals surface area contributed by atoms with Gasteiger partial charge in [-0.1, -0.05) is 0 Å². The first-order valence-electron chi connectivity index (χ1n) is 11.4. The summed E-state index contributed by atoms with van der Waals surface area (Å²) >= 11 is 0. The van der Waals surface area contributed by atoms with Gasteiger partial charge in [-0.3, -0.25) is 0 Å². The van der Waals surface area contributed by atoms with Crippen LogP contribution in [0.2, 0.25) is 0 Å². The average molecular weight is 450 g/mol. The number of fused-ring (bicyclic) bond motifs is 3. The number of ether oxygens (including phenoxy) is 2. The molecule has 0 bridgehead atoms. The summed E-state index contributed by atoms with van der Waals surface area (Å²) in [4.78, 5) is 26.5. The molecule has 0 aromatic heterocycles. The summed E-state index contributed by atoms with van der Waals surface area (Å²) in [6, 6.07) is 4.55. The SMILES string of the molecule is CC(C)(C)OC(=O)NCCC[C@@H]1Nc2ccc(F)cc2[C@@H]2[C@H]1CCN2C(=O)OC(C)(C)C. The molecule has 0 saturated carbocycles. The summed E-state index contributed by atoms with van der Waals surface area (Å²) in [6.07, 6.45) is 1.56. The molecule has 0 aliphatic carbocycles. The highest BCUT2D eigenvalue weighted by Crippen LogP contribution is 2.47. The van der Waals surface area contributed by atoms with Crippen molar-refractivity contribution in [2.45, 2.75) is 84.1 Å². The highest BCUT2D eigenvalue weighted by Gasteiger charge is 2.46. The van der Waals surface area contributed by atoms with Crippen LogP contribution in [0.15, 0.2) is 18.2 Å². The van der Waals surface area contributed by atoms with Gasteiger partial charge in [-0.2, -0.15) is 0 Å². The van der Waals surface area contributed by atoms with Crippen LogP contribution in [0.4, 0.5) is 19.7 Å². The molecular weight excluding hydrogens is 413 g/mol. The average Bonchev–Trinajstić information content (AvgIpc) is 3.08. The van der Waals surface area contributed by atoms with Crippen molar-refractivity contribution < 1.29 is 23.5 Å². The molecule has 32 heavy (non-hydrogen) atoms. The van der Waals surface area contributed by atoms with Gasteiger partial charge in [0.05, 0.1) is 6.04 Å². The molecule has 2 heterocycles. The molecule has 0 unspecified atom stereocenters. The Balaban J connectivity index is 1.69. The van der Waals surface area contributed by atoms with Crippen molar-refractivity contribution in [2.75, 3.05) is 18.4 Å². The van der Waals surface area contributed by atoms with E-state index in [0.29, 0.717) is 13.1 Å². The van der Waals surface area contributed by atoms with E-state index in [1.807, 2.05) is 41.5 Å². The summed E-state index contributed by atoms with van der Waals surface area (Å²) in [6.45, 7) is 12.1. The van der Waals surface area contributed by atoms with E-state index in [9.17, 15) is 14.0 Å². The summed E-state index contributed by atoms with van der Waals surface area (Å²) in [7, 11) is 0. The molecule has 2 amide bonds. The highest BCUT2D eigenvalue weighted by atomic mass is 19.1.